The van der Waals surface area contributed by atoms with E-state index in [1.54, 1.807) is 0 Å². The number of hydrogen-bond acceptors (Lipinski definition) is 26. The fourth-order valence-corrected chi connectivity index (χ4v) is 13.1. The number of carboxylic acids is 1. The Morgan fingerprint density at radius 3 is 2.03 bits per heavy atom. The first kappa shape index (κ1) is 74.7. The van der Waals surface area contributed by atoms with E-state index in [1.807, 2.05) is 13.8 Å². The average molecular weight is 1450 g/mol. The number of primary amides is 1. The SMILES string of the molecule is CN[C@@H](CC(C)C)C(=O)N[C@@H]1C(=O)N[C@H](CC(N)=O)C(=O)N[C@@H]2C(=O)N[C@@H]3C(=O)N[C@@H](C(=O)N[C@H](C(=O)O)c4cc(O)cc(O)c4-c4cc3ccc4O)[C@@H](O)c3ccc(c(-c4ccoc4)c3)Oc3cc2cc(c3O[C@H]2O[C@@H](CO)[C@H](O)[C@@H](O)[C@@H]2O[C@H]2C[C@](C)(N)[C@H](O)[C@H](C)O2)Oc2ccc(cc2)[C@@H]1O. The molecule has 21 N–H and O–H groups in total. The lowest BCUT2D eigenvalue weighted by Gasteiger charge is -2.47. The number of nitrogens with two attached hydrogens (primary N) is 2. The molecule has 8 heterocycles. The first-order chi connectivity index (χ1) is 49.3. The Morgan fingerprint density at radius 1 is 0.712 bits per heavy atom. The molecule has 104 heavy (non-hydrogen) atoms. The molecular formula is C70H79N9O25. The van der Waals surface area contributed by atoms with Crippen molar-refractivity contribution < 1.29 is 122 Å². The van der Waals surface area contributed by atoms with Crippen LogP contribution in [0.3, 0.4) is 0 Å². The number of phenols is 3. The quantitative estimate of drug-likeness (QED) is 0.0685. The number of hydrogen-bond donors (Lipinski definition) is 19. The number of aliphatic carboxylic acids is 1. The summed E-state index contributed by atoms with van der Waals surface area (Å²) in [4.78, 5) is 118. The number of aromatic hydroxyl groups is 3. The number of carbonyl (C=O) groups excluding carboxylic acids is 7. The summed E-state index contributed by atoms with van der Waals surface area (Å²) in [7, 11) is 1.49. The predicted octanol–water partition coefficient (Wildman–Crippen LogP) is 0.0594. The summed E-state index contributed by atoms with van der Waals surface area (Å²) < 4.78 is 44.5. The molecule has 2 fully saturated rings. The van der Waals surface area contributed by atoms with E-state index in [1.165, 1.54) is 82.0 Å². The van der Waals surface area contributed by atoms with Crippen molar-refractivity contribution in [3.63, 3.8) is 0 Å². The van der Waals surface area contributed by atoms with Crippen molar-refractivity contribution in [2.75, 3.05) is 13.7 Å². The molecule has 34 heteroatoms. The second-order valence-corrected chi connectivity index (χ2v) is 26.7. The van der Waals surface area contributed by atoms with Gasteiger partial charge in [-0.25, -0.2) is 4.79 Å². The van der Waals surface area contributed by atoms with E-state index < -0.39 is 226 Å². The van der Waals surface area contributed by atoms with Crippen LogP contribution in [0.1, 0.15) is 105 Å². The number of likely N-dealkylation sites (N-methyl/N-ethyl adjacent to an activating group) is 1. The number of aliphatic hydroxyl groups is 6. The zero-order valence-electron chi connectivity index (χ0n) is 56.3. The number of furan rings is 1. The van der Waals surface area contributed by atoms with E-state index in [-0.39, 0.29) is 58.1 Å². The Hall–Kier alpha value is -10.5. The van der Waals surface area contributed by atoms with E-state index in [2.05, 4.69) is 37.2 Å². The molecule has 2 saturated heterocycles. The van der Waals surface area contributed by atoms with Gasteiger partial charge in [-0.15, -0.1) is 0 Å². The molecule has 7 amide bonds. The van der Waals surface area contributed by atoms with Gasteiger partial charge in [0.2, 0.25) is 53.4 Å². The van der Waals surface area contributed by atoms with Crippen LogP contribution >= 0.6 is 0 Å². The van der Waals surface area contributed by atoms with Gasteiger partial charge in [0.25, 0.3) is 0 Å². The molecule has 18 atom stereocenters. The molecule has 13 rings (SSSR count). The second-order valence-electron chi connectivity index (χ2n) is 26.7. The number of rotatable bonds is 14. The van der Waals surface area contributed by atoms with E-state index in [0.717, 1.165) is 42.5 Å². The first-order valence-electron chi connectivity index (χ1n) is 33.0. The molecule has 7 aliphatic heterocycles. The molecule has 34 nitrogen and oxygen atoms in total. The summed E-state index contributed by atoms with van der Waals surface area (Å²) in [5, 5.41) is 133. The van der Waals surface area contributed by atoms with Crippen molar-refractivity contribution in [1.29, 1.82) is 0 Å². The van der Waals surface area contributed by atoms with Gasteiger partial charge in [0.05, 0.1) is 43.8 Å². The standard InChI is InChI=1S/C70H79N9O25/c1-27(2)16-39(73-5)62(90)78-53-55(85)29-6-10-35(11-7-29)100-44-19-33-20-45(59(44)104-69-60(58(88)57(87)46(25-80)102-69)103-48-24-70(4,72)61(89)28(3)99-48)101-43-13-9-31(18-36(43)32-14-15-98-26-32)56(86)54-67(95)77-52(68(96)97)38-21-34(81)22-42(83)49(38)37-17-30(8-12-41(37)82)50(64(92)79-54)76-65(93)51(33)75-63(91)40(23-47(71)84)74-66(53)94/h6-15,17-22,26-28,39-40,46,48,50-58,60-61,69,73,80-83,85-89H,16,23-25,72H2,1-5H3,(H2,71,84)(H,74,94)(H,75,91)(H,76,93)(H,77,95)(H,78,90)(H,79,92)(H,96,97)/t28-,39-,40+,46-,48-,50-,51-,52-,53-,54+,55-,56-,57-,58+,60-,61+,69+,70-/m0/s1. The van der Waals surface area contributed by atoms with Crippen LogP contribution in [0.4, 0.5) is 0 Å². The molecule has 5 aromatic carbocycles. The molecule has 0 saturated carbocycles. The first-order valence-corrected chi connectivity index (χ1v) is 33.0. The number of aliphatic hydroxyl groups excluding tert-OH is 6. The number of amides is 7. The monoisotopic (exact) mass is 1450 g/mol. The lowest BCUT2D eigenvalue weighted by Crippen LogP contribution is -2.64. The van der Waals surface area contributed by atoms with Crippen LogP contribution in [-0.2, 0) is 52.6 Å². The van der Waals surface area contributed by atoms with Gasteiger partial charge in [0.1, 0.15) is 89.5 Å². The lowest BCUT2D eigenvalue weighted by molar-refractivity contribution is -0.333. The van der Waals surface area contributed by atoms with Crippen LogP contribution in [0.15, 0.2) is 108 Å². The van der Waals surface area contributed by atoms with Crippen LogP contribution < -0.4 is 62.9 Å². The molecule has 7 aliphatic rings. The molecule has 1 aromatic heterocycles. The predicted molar refractivity (Wildman–Crippen MR) is 357 cm³/mol. The molecular weight excluding hydrogens is 1370 g/mol. The van der Waals surface area contributed by atoms with Gasteiger partial charge in [-0.05, 0) is 116 Å². The third kappa shape index (κ3) is 15.6. The van der Waals surface area contributed by atoms with Crippen molar-refractivity contribution in [3.05, 3.63) is 131 Å². The van der Waals surface area contributed by atoms with Gasteiger partial charge in [-0.3, -0.25) is 33.6 Å². The molecule has 11 bridgehead atoms. The summed E-state index contributed by atoms with van der Waals surface area (Å²) in [6, 6.07) is 3.23. The number of fused-ring (bicyclic) bond motifs is 15. The molecule has 0 unspecified atom stereocenters. The zero-order valence-corrected chi connectivity index (χ0v) is 56.3. The number of benzene rings is 5. The van der Waals surface area contributed by atoms with Gasteiger partial charge in [0.15, 0.2) is 29.9 Å². The third-order valence-electron chi connectivity index (χ3n) is 18.6. The van der Waals surface area contributed by atoms with Gasteiger partial charge in [-0.2, -0.15) is 0 Å². The second kappa shape index (κ2) is 30.4. The Labute approximate surface area is 591 Å². The number of ether oxygens (including phenoxy) is 6. The van der Waals surface area contributed by atoms with Crippen LogP contribution in [0.2, 0.25) is 0 Å². The molecule has 6 aromatic rings. The topological polar surface area (TPSA) is 544 Å². The van der Waals surface area contributed by atoms with Gasteiger partial charge >= 0.3 is 5.97 Å². The highest BCUT2D eigenvalue weighted by molar-refractivity contribution is 6.00. The summed E-state index contributed by atoms with van der Waals surface area (Å²) in [5.74, 6) is -15.1. The zero-order chi connectivity index (χ0) is 75.1. The van der Waals surface area contributed by atoms with Crippen molar-refractivity contribution in [2.24, 2.45) is 17.4 Å². The van der Waals surface area contributed by atoms with Crippen LogP contribution in [0, 0.1) is 5.92 Å². The Kier molecular flexibility index (Phi) is 21.9. The lowest BCUT2D eigenvalue weighted by atomic mass is 9.86. The molecule has 554 valence electrons. The Balaban J connectivity index is 1.18. The fourth-order valence-electron chi connectivity index (χ4n) is 13.1. The van der Waals surface area contributed by atoms with Gasteiger partial charge in [0, 0.05) is 45.8 Å². The Morgan fingerprint density at radius 2 is 1.38 bits per heavy atom. The normalized spacial score (nSPS) is 28.9. The fraction of sp³-hybridized carbons (Fsp3) is 0.400. The van der Waals surface area contributed by atoms with Crippen molar-refractivity contribution in [2.45, 2.75) is 156 Å². The summed E-state index contributed by atoms with van der Waals surface area (Å²) in [5.41, 5.74) is 8.55. The number of phenolic OH excluding ortho intramolecular Hbond substituents is 3. The van der Waals surface area contributed by atoms with Crippen LogP contribution in [-0.4, -0.2) is 191 Å². The Bertz CT molecular complexity index is 4270. The number of carbonyl (C=O) groups is 8. The average Bonchev–Trinajstić information content (AvgIpc) is 0.817. The van der Waals surface area contributed by atoms with Crippen LogP contribution in [0.5, 0.6) is 46.0 Å². The maximum absolute atomic E-state index is 16.2. The maximum Gasteiger partial charge on any atom is 0.330 e. The van der Waals surface area contributed by atoms with E-state index in [4.69, 9.17) is 44.3 Å². The minimum Gasteiger partial charge on any atom is -0.508 e. The van der Waals surface area contributed by atoms with Crippen LogP contribution in [0.25, 0.3) is 22.3 Å². The van der Waals surface area contributed by atoms with E-state index in [0.29, 0.717) is 0 Å². The maximum atomic E-state index is 16.2. The van der Waals surface area contributed by atoms with Gasteiger partial charge < -0.3 is 133 Å². The minimum atomic E-state index is -2.32. The van der Waals surface area contributed by atoms with Crippen molar-refractivity contribution >= 4 is 47.3 Å². The highest BCUT2D eigenvalue weighted by atomic mass is 16.8. The van der Waals surface area contributed by atoms with Crippen molar-refractivity contribution in [3.8, 4) is 68.2 Å². The summed E-state index contributed by atoms with van der Waals surface area (Å²) in [6.07, 6.45) is -15.8. The molecule has 0 aliphatic carbocycles. The molecule has 0 radical (unpaired) electrons. The largest absolute Gasteiger partial charge is 0.508 e. The molecule has 0 spiro atoms. The van der Waals surface area contributed by atoms with Crippen molar-refractivity contribution in [1.82, 2.24) is 37.2 Å². The summed E-state index contributed by atoms with van der Waals surface area (Å²) in [6.45, 7) is 5.74. The van der Waals surface area contributed by atoms with Gasteiger partial charge in [-0.1, -0.05) is 38.1 Å². The number of carboxylic acid groups (broad SMARTS) is 1. The highest BCUT2D eigenvalue weighted by Gasteiger charge is 2.51. The number of nitrogens with one attached hydrogen (secondary N) is 7. The third-order valence-corrected chi connectivity index (χ3v) is 18.6. The minimum absolute atomic E-state index is 0.0179. The van der Waals surface area contributed by atoms with E-state index >= 15 is 19.2 Å². The smallest absolute Gasteiger partial charge is 0.330 e. The van der Waals surface area contributed by atoms with E-state index in [9.17, 15) is 70.2 Å². The highest BCUT2D eigenvalue weighted by Crippen LogP contribution is 2.50. The summed E-state index contributed by atoms with van der Waals surface area (Å²) >= 11 is 0.